The quantitative estimate of drug-likeness (QED) is 0.940. The molecule has 21 heavy (non-hydrogen) atoms. The van der Waals surface area contributed by atoms with Gasteiger partial charge >= 0.3 is 5.97 Å². The van der Waals surface area contributed by atoms with E-state index in [1.807, 2.05) is 6.07 Å². The third-order valence-electron chi connectivity index (χ3n) is 2.69. The Kier molecular flexibility index (Phi) is 4.59. The van der Waals surface area contributed by atoms with E-state index >= 15 is 0 Å². The minimum absolute atomic E-state index is 0.154. The number of aromatic nitrogens is 1. The second kappa shape index (κ2) is 6.41. The topological polar surface area (TPSA) is 70.5 Å². The Balaban J connectivity index is 2.18. The van der Waals surface area contributed by atoms with Gasteiger partial charge in [-0.1, -0.05) is 11.8 Å². The molecule has 0 aliphatic carbocycles. The van der Waals surface area contributed by atoms with Crippen molar-refractivity contribution in [3.63, 3.8) is 0 Å². The normalized spacial score (nSPS) is 10.2. The third-order valence-corrected chi connectivity index (χ3v) is 3.69. The molecule has 0 radical (unpaired) electrons. The van der Waals surface area contributed by atoms with Crippen LogP contribution in [0.15, 0.2) is 52.4 Å². The van der Waals surface area contributed by atoms with Gasteiger partial charge in [0.05, 0.1) is 5.56 Å². The Hall–Kier alpha value is -2.34. The summed E-state index contributed by atoms with van der Waals surface area (Å²) in [5.74, 6) is -1.10. The SMILES string of the molecule is CN(C)C(=O)c1cc(Sc2ccc(C(=O)O)cc2)ccn1. The molecule has 5 nitrogen and oxygen atoms in total. The van der Waals surface area contributed by atoms with Crippen LogP contribution in [-0.2, 0) is 0 Å². The maximum atomic E-state index is 11.9. The summed E-state index contributed by atoms with van der Waals surface area (Å²) in [5, 5.41) is 8.86. The third kappa shape index (κ3) is 3.82. The fraction of sp³-hybridized carbons (Fsp3) is 0.133. The lowest BCUT2D eigenvalue weighted by molar-refractivity contribution is 0.0696. The fourth-order valence-electron chi connectivity index (χ4n) is 1.62. The minimum atomic E-state index is -0.950. The van der Waals surface area contributed by atoms with E-state index in [2.05, 4.69) is 4.98 Å². The highest BCUT2D eigenvalue weighted by Crippen LogP contribution is 2.28. The van der Waals surface area contributed by atoms with Gasteiger partial charge in [0, 0.05) is 30.1 Å². The fourth-order valence-corrected chi connectivity index (χ4v) is 2.47. The molecule has 0 aliphatic rings. The second-order valence-electron chi connectivity index (χ2n) is 4.51. The van der Waals surface area contributed by atoms with Crippen LogP contribution in [0.2, 0.25) is 0 Å². The van der Waals surface area contributed by atoms with Crippen LogP contribution in [0.1, 0.15) is 20.8 Å². The summed E-state index contributed by atoms with van der Waals surface area (Å²) < 4.78 is 0. The molecule has 0 unspecified atom stereocenters. The lowest BCUT2D eigenvalue weighted by Crippen LogP contribution is -2.22. The Labute approximate surface area is 126 Å². The number of carbonyl (C=O) groups excluding carboxylic acids is 1. The number of hydrogen-bond acceptors (Lipinski definition) is 4. The molecule has 0 saturated heterocycles. The summed E-state index contributed by atoms with van der Waals surface area (Å²) in [4.78, 5) is 30.0. The van der Waals surface area contributed by atoms with Crippen molar-refractivity contribution in [1.82, 2.24) is 9.88 Å². The van der Waals surface area contributed by atoms with Crippen molar-refractivity contribution < 1.29 is 14.7 Å². The maximum Gasteiger partial charge on any atom is 0.335 e. The van der Waals surface area contributed by atoms with Gasteiger partial charge < -0.3 is 10.0 Å². The molecular weight excluding hydrogens is 288 g/mol. The van der Waals surface area contributed by atoms with Crippen molar-refractivity contribution in [1.29, 1.82) is 0 Å². The van der Waals surface area contributed by atoms with E-state index in [-0.39, 0.29) is 11.5 Å². The molecule has 0 saturated carbocycles. The lowest BCUT2D eigenvalue weighted by atomic mass is 10.2. The number of carbonyl (C=O) groups is 2. The minimum Gasteiger partial charge on any atom is -0.478 e. The number of carboxylic acid groups (broad SMARTS) is 1. The molecule has 1 amide bonds. The van der Waals surface area contributed by atoms with Gasteiger partial charge in [-0.25, -0.2) is 4.79 Å². The van der Waals surface area contributed by atoms with Crippen molar-refractivity contribution in [3.8, 4) is 0 Å². The van der Waals surface area contributed by atoms with Crippen LogP contribution >= 0.6 is 11.8 Å². The van der Waals surface area contributed by atoms with Crippen LogP contribution in [-0.4, -0.2) is 41.0 Å². The number of amides is 1. The number of benzene rings is 1. The smallest absolute Gasteiger partial charge is 0.335 e. The zero-order chi connectivity index (χ0) is 15.4. The van der Waals surface area contributed by atoms with E-state index < -0.39 is 5.97 Å². The molecule has 1 N–H and O–H groups in total. The van der Waals surface area contributed by atoms with E-state index in [0.29, 0.717) is 5.69 Å². The van der Waals surface area contributed by atoms with Gasteiger partial charge in [0.15, 0.2) is 0 Å². The van der Waals surface area contributed by atoms with Crippen molar-refractivity contribution in [2.45, 2.75) is 9.79 Å². The Morgan fingerprint density at radius 3 is 2.33 bits per heavy atom. The lowest BCUT2D eigenvalue weighted by Gasteiger charge is -2.10. The van der Waals surface area contributed by atoms with Crippen LogP contribution in [0.3, 0.4) is 0 Å². The Morgan fingerprint density at radius 1 is 1.10 bits per heavy atom. The molecule has 0 spiro atoms. The summed E-state index contributed by atoms with van der Waals surface area (Å²) in [6.45, 7) is 0. The molecule has 1 heterocycles. The zero-order valence-corrected chi connectivity index (χ0v) is 12.4. The predicted molar refractivity (Wildman–Crippen MR) is 79.8 cm³/mol. The van der Waals surface area contributed by atoms with Crippen LogP contribution in [0.25, 0.3) is 0 Å². The number of rotatable bonds is 4. The van der Waals surface area contributed by atoms with Gasteiger partial charge in [-0.05, 0) is 36.4 Å². The second-order valence-corrected chi connectivity index (χ2v) is 5.65. The molecule has 1 aromatic heterocycles. The first-order valence-corrected chi connectivity index (χ1v) is 6.98. The Morgan fingerprint density at radius 2 is 1.76 bits per heavy atom. The molecule has 108 valence electrons. The van der Waals surface area contributed by atoms with E-state index in [1.54, 1.807) is 50.6 Å². The summed E-state index contributed by atoms with van der Waals surface area (Å²) in [6.07, 6.45) is 1.59. The highest BCUT2D eigenvalue weighted by Gasteiger charge is 2.10. The highest BCUT2D eigenvalue weighted by molar-refractivity contribution is 7.99. The van der Waals surface area contributed by atoms with Gasteiger partial charge in [0.2, 0.25) is 0 Å². The van der Waals surface area contributed by atoms with Gasteiger partial charge in [-0.3, -0.25) is 9.78 Å². The molecule has 2 rings (SSSR count). The average Bonchev–Trinajstić information content (AvgIpc) is 2.47. The summed E-state index contributed by atoms with van der Waals surface area (Å²) in [6, 6.07) is 10.1. The number of hydrogen-bond donors (Lipinski definition) is 1. The molecule has 0 aliphatic heterocycles. The van der Waals surface area contributed by atoms with Gasteiger partial charge in [-0.2, -0.15) is 0 Å². The summed E-state index contributed by atoms with van der Waals surface area (Å²) in [5.41, 5.74) is 0.629. The first kappa shape index (κ1) is 15.1. The van der Waals surface area contributed by atoms with Gasteiger partial charge in [-0.15, -0.1) is 0 Å². The number of carboxylic acids is 1. The molecule has 2 aromatic rings. The van der Waals surface area contributed by atoms with E-state index in [9.17, 15) is 9.59 Å². The molecular formula is C15H14N2O3S. The van der Waals surface area contributed by atoms with Crippen LogP contribution in [0.4, 0.5) is 0 Å². The summed E-state index contributed by atoms with van der Waals surface area (Å²) in [7, 11) is 3.35. The number of aromatic carboxylic acids is 1. The molecule has 1 aromatic carbocycles. The van der Waals surface area contributed by atoms with Crippen molar-refractivity contribution in [3.05, 3.63) is 53.9 Å². The van der Waals surface area contributed by atoms with Crippen molar-refractivity contribution >= 4 is 23.6 Å². The zero-order valence-electron chi connectivity index (χ0n) is 11.6. The number of pyridine rings is 1. The molecule has 0 bridgehead atoms. The van der Waals surface area contributed by atoms with Crippen LogP contribution in [0, 0.1) is 0 Å². The Bertz CT molecular complexity index is 669. The number of nitrogens with zero attached hydrogens (tertiary/aromatic N) is 2. The highest BCUT2D eigenvalue weighted by atomic mass is 32.2. The van der Waals surface area contributed by atoms with E-state index in [0.717, 1.165) is 9.79 Å². The average molecular weight is 302 g/mol. The molecule has 0 atom stereocenters. The van der Waals surface area contributed by atoms with Gasteiger partial charge in [0.1, 0.15) is 5.69 Å². The standard InChI is InChI=1S/C15H14N2O3S/c1-17(2)14(18)13-9-12(7-8-16-13)21-11-5-3-10(4-6-11)15(19)20/h3-9H,1-2H3,(H,19,20). The largest absolute Gasteiger partial charge is 0.478 e. The van der Waals surface area contributed by atoms with Crippen molar-refractivity contribution in [2.24, 2.45) is 0 Å². The predicted octanol–water partition coefficient (Wildman–Crippen LogP) is 2.63. The van der Waals surface area contributed by atoms with Crippen molar-refractivity contribution in [2.75, 3.05) is 14.1 Å². The molecule has 0 fully saturated rings. The maximum absolute atomic E-state index is 11.9. The summed E-state index contributed by atoms with van der Waals surface area (Å²) >= 11 is 1.45. The first-order valence-electron chi connectivity index (χ1n) is 6.16. The monoisotopic (exact) mass is 302 g/mol. The van der Waals surface area contributed by atoms with E-state index in [1.165, 1.54) is 16.7 Å². The van der Waals surface area contributed by atoms with Gasteiger partial charge in [0.25, 0.3) is 5.91 Å². The first-order chi connectivity index (χ1) is 9.97. The van der Waals surface area contributed by atoms with Crippen LogP contribution in [0.5, 0.6) is 0 Å². The van der Waals surface area contributed by atoms with E-state index in [4.69, 9.17) is 5.11 Å². The van der Waals surface area contributed by atoms with Crippen LogP contribution < -0.4 is 0 Å². The molecule has 6 heteroatoms.